The van der Waals surface area contributed by atoms with Crippen molar-refractivity contribution in [1.82, 2.24) is 5.32 Å². The maximum atomic E-state index is 9.82. The minimum atomic E-state index is -0.0539. The number of aliphatic hydroxyl groups is 1. The third-order valence-electron chi connectivity index (χ3n) is 5.42. The van der Waals surface area contributed by atoms with Gasteiger partial charge in [0.05, 0.1) is 6.10 Å². The smallest absolute Gasteiger partial charge is 0.0543 e. The van der Waals surface area contributed by atoms with E-state index in [-0.39, 0.29) is 6.10 Å². The second kappa shape index (κ2) is 7.42. The molecule has 0 saturated heterocycles. The Labute approximate surface area is 129 Å². The van der Waals surface area contributed by atoms with Crippen LogP contribution in [0.2, 0.25) is 0 Å². The number of hydrogen-bond acceptors (Lipinski definition) is 2. The van der Waals surface area contributed by atoms with Crippen molar-refractivity contribution >= 4 is 0 Å². The second-order valence-corrected chi connectivity index (χ2v) is 7.00. The number of hydrogen-bond donors (Lipinski definition) is 2. The molecule has 0 bridgehead atoms. The molecule has 0 aliphatic heterocycles. The molecule has 2 aliphatic rings. The maximum absolute atomic E-state index is 9.82. The van der Waals surface area contributed by atoms with Crippen LogP contribution in [0.4, 0.5) is 0 Å². The van der Waals surface area contributed by atoms with E-state index in [0.717, 1.165) is 19.4 Å². The molecule has 2 heteroatoms. The standard InChI is InChI=1S/C19H29NO/c21-17-10-6-7-15(13-17)14-20-19-12-5-4-11-18(19)16-8-2-1-3-9-16/h1-3,8-9,15,17-21H,4-7,10-14H2. The number of aliphatic hydroxyl groups excluding tert-OH is 1. The van der Waals surface area contributed by atoms with Crippen LogP contribution in [0.15, 0.2) is 30.3 Å². The average molecular weight is 287 g/mol. The molecule has 4 unspecified atom stereocenters. The van der Waals surface area contributed by atoms with Gasteiger partial charge >= 0.3 is 0 Å². The minimum Gasteiger partial charge on any atom is -0.393 e. The molecule has 0 radical (unpaired) electrons. The van der Waals surface area contributed by atoms with E-state index in [1.54, 1.807) is 0 Å². The fraction of sp³-hybridized carbons (Fsp3) is 0.684. The molecule has 1 aromatic carbocycles. The van der Waals surface area contributed by atoms with Gasteiger partial charge in [0.1, 0.15) is 0 Å². The lowest BCUT2D eigenvalue weighted by Crippen LogP contribution is -2.41. The molecule has 3 rings (SSSR count). The van der Waals surface area contributed by atoms with Gasteiger partial charge in [0, 0.05) is 6.04 Å². The lowest BCUT2D eigenvalue weighted by atomic mass is 9.79. The molecule has 0 spiro atoms. The Kier molecular flexibility index (Phi) is 5.32. The first-order chi connectivity index (χ1) is 10.3. The molecule has 116 valence electrons. The molecule has 0 heterocycles. The molecule has 2 fully saturated rings. The van der Waals surface area contributed by atoms with Gasteiger partial charge in [-0.1, -0.05) is 49.6 Å². The van der Waals surface area contributed by atoms with E-state index in [9.17, 15) is 5.11 Å². The predicted octanol–water partition coefficient (Wildman–Crippen LogP) is 3.85. The molecule has 2 saturated carbocycles. The van der Waals surface area contributed by atoms with Crippen LogP contribution in [-0.2, 0) is 0 Å². The summed E-state index contributed by atoms with van der Waals surface area (Å²) in [5.41, 5.74) is 1.50. The summed E-state index contributed by atoms with van der Waals surface area (Å²) in [5, 5.41) is 13.7. The fourth-order valence-electron chi connectivity index (χ4n) is 4.24. The topological polar surface area (TPSA) is 32.3 Å². The van der Waals surface area contributed by atoms with Crippen LogP contribution in [0.1, 0.15) is 62.8 Å². The van der Waals surface area contributed by atoms with Crippen molar-refractivity contribution in [3.8, 4) is 0 Å². The Bertz CT molecular complexity index is 419. The third-order valence-corrected chi connectivity index (χ3v) is 5.42. The van der Waals surface area contributed by atoms with Gasteiger partial charge < -0.3 is 10.4 Å². The summed E-state index contributed by atoms with van der Waals surface area (Å²) in [6.45, 7) is 1.09. The zero-order valence-electron chi connectivity index (χ0n) is 13.0. The van der Waals surface area contributed by atoms with Crippen molar-refractivity contribution in [2.24, 2.45) is 5.92 Å². The largest absolute Gasteiger partial charge is 0.393 e. The van der Waals surface area contributed by atoms with E-state index < -0.39 is 0 Å². The monoisotopic (exact) mass is 287 g/mol. The highest BCUT2D eigenvalue weighted by Crippen LogP contribution is 2.33. The van der Waals surface area contributed by atoms with Gasteiger partial charge in [-0.15, -0.1) is 0 Å². The summed E-state index contributed by atoms with van der Waals surface area (Å²) in [5.74, 6) is 1.35. The number of nitrogens with one attached hydrogen (secondary N) is 1. The lowest BCUT2D eigenvalue weighted by molar-refractivity contribution is 0.0985. The lowest BCUT2D eigenvalue weighted by Gasteiger charge is -2.35. The van der Waals surface area contributed by atoms with E-state index in [1.165, 1.54) is 44.1 Å². The van der Waals surface area contributed by atoms with Crippen LogP contribution in [0.3, 0.4) is 0 Å². The summed E-state index contributed by atoms with van der Waals surface area (Å²) >= 11 is 0. The molecule has 2 N–H and O–H groups in total. The normalized spacial score (nSPS) is 33.8. The van der Waals surface area contributed by atoms with E-state index in [2.05, 4.69) is 35.6 Å². The SMILES string of the molecule is OC1CCCC(CNC2CCCCC2c2ccccc2)C1. The summed E-state index contributed by atoms with van der Waals surface area (Å²) < 4.78 is 0. The van der Waals surface area contributed by atoms with Gasteiger partial charge in [0.25, 0.3) is 0 Å². The molecular weight excluding hydrogens is 258 g/mol. The van der Waals surface area contributed by atoms with Crippen LogP contribution < -0.4 is 5.32 Å². The summed E-state index contributed by atoms with van der Waals surface area (Å²) in [7, 11) is 0. The molecule has 21 heavy (non-hydrogen) atoms. The summed E-state index contributed by atoms with van der Waals surface area (Å²) in [6.07, 6.45) is 9.76. The highest BCUT2D eigenvalue weighted by Gasteiger charge is 2.27. The Morgan fingerprint density at radius 2 is 1.76 bits per heavy atom. The number of rotatable bonds is 4. The molecule has 4 atom stereocenters. The first-order valence-electron chi connectivity index (χ1n) is 8.79. The van der Waals surface area contributed by atoms with E-state index in [4.69, 9.17) is 0 Å². The van der Waals surface area contributed by atoms with Crippen LogP contribution in [-0.4, -0.2) is 23.8 Å². The Balaban J connectivity index is 1.57. The van der Waals surface area contributed by atoms with E-state index >= 15 is 0 Å². The molecule has 0 amide bonds. The van der Waals surface area contributed by atoms with E-state index in [1.807, 2.05) is 0 Å². The molecular formula is C19H29NO. The van der Waals surface area contributed by atoms with Gasteiger partial charge in [0.2, 0.25) is 0 Å². The average Bonchev–Trinajstić information content (AvgIpc) is 2.54. The van der Waals surface area contributed by atoms with Crippen molar-refractivity contribution < 1.29 is 5.11 Å². The van der Waals surface area contributed by atoms with Crippen LogP contribution in [0.25, 0.3) is 0 Å². The van der Waals surface area contributed by atoms with Crippen LogP contribution in [0, 0.1) is 5.92 Å². The highest BCUT2D eigenvalue weighted by molar-refractivity contribution is 5.22. The van der Waals surface area contributed by atoms with Gasteiger partial charge in [-0.05, 0) is 56.0 Å². The Morgan fingerprint density at radius 3 is 2.57 bits per heavy atom. The molecule has 0 aromatic heterocycles. The van der Waals surface area contributed by atoms with Crippen LogP contribution >= 0.6 is 0 Å². The zero-order valence-corrected chi connectivity index (χ0v) is 13.0. The van der Waals surface area contributed by atoms with Crippen LogP contribution in [0.5, 0.6) is 0 Å². The summed E-state index contributed by atoms with van der Waals surface area (Å²) in [6, 6.07) is 11.6. The number of benzene rings is 1. The highest BCUT2D eigenvalue weighted by atomic mass is 16.3. The molecule has 2 aliphatic carbocycles. The molecule has 2 nitrogen and oxygen atoms in total. The van der Waals surface area contributed by atoms with Crippen molar-refractivity contribution in [2.75, 3.05) is 6.54 Å². The van der Waals surface area contributed by atoms with Gasteiger partial charge in [-0.25, -0.2) is 0 Å². The van der Waals surface area contributed by atoms with Crippen molar-refractivity contribution in [3.05, 3.63) is 35.9 Å². The fourth-order valence-corrected chi connectivity index (χ4v) is 4.24. The Hall–Kier alpha value is -0.860. The summed E-state index contributed by atoms with van der Waals surface area (Å²) in [4.78, 5) is 0. The van der Waals surface area contributed by atoms with Gasteiger partial charge in [-0.2, -0.15) is 0 Å². The second-order valence-electron chi connectivity index (χ2n) is 7.00. The minimum absolute atomic E-state index is 0.0539. The zero-order chi connectivity index (χ0) is 14.5. The maximum Gasteiger partial charge on any atom is 0.0543 e. The molecule has 1 aromatic rings. The quantitative estimate of drug-likeness (QED) is 0.881. The van der Waals surface area contributed by atoms with Crippen molar-refractivity contribution in [1.29, 1.82) is 0 Å². The Morgan fingerprint density at radius 1 is 0.952 bits per heavy atom. The predicted molar refractivity (Wildman–Crippen MR) is 87.4 cm³/mol. The first-order valence-corrected chi connectivity index (χ1v) is 8.79. The van der Waals surface area contributed by atoms with Crippen molar-refractivity contribution in [3.63, 3.8) is 0 Å². The van der Waals surface area contributed by atoms with Gasteiger partial charge in [0.15, 0.2) is 0 Å². The van der Waals surface area contributed by atoms with E-state index in [0.29, 0.717) is 17.9 Å². The first kappa shape index (κ1) is 15.1. The van der Waals surface area contributed by atoms with Crippen molar-refractivity contribution in [2.45, 2.75) is 69.4 Å². The van der Waals surface area contributed by atoms with Gasteiger partial charge in [-0.3, -0.25) is 0 Å². The third kappa shape index (κ3) is 4.08.